The van der Waals surface area contributed by atoms with E-state index in [1.165, 1.54) is 0 Å². The molecule has 28 heavy (non-hydrogen) atoms. The van der Waals surface area contributed by atoms with Crippen LogP contribution in [0.5, 0.6) is 0 Å². The van der Waals surface area contributed by atoms with Crippen molar-refractivity contribution in [1.82, 2.24) is 25.3 Å². The molecule has 2 heterocycles. The molecule has 0 radical (unpaired) electrons. The van der Waals surface area contributed by atoms with Gasteiger partial charge in [0.15, 0.2) is 5.96 Å². The SMILES string of the molecule is CCNC(=NCC1CN(C)CCN1C)N1CCC(NC(=O)OC(C)(C)C)C1.I. The summed E-state index contributed by atoms with van der Waals surface area (Å²) in [7, 11) is 4.35. The number of hydrogen-bond acceptors (Lipinski definition) is 5. The lowest BCUT2D eigenvalue weighted by molar-refractivity contribution is 0.0507. The monoisotopic (exact) mass is 510 g/mol. The van der Waals surface area contributed by atoms with Gasteiger partial charge >= 0.3 is 6.09 Å². The fraction of sp³-hybridized carbons (Fsp3) is 0.895. The van der Waals surface area contributed by atoms with Gasteiger partial charge in [-0.05, 0) is 48.2 Å². The summed E-state index contributed by atoms with van der Waals surface area (Å²) in [5.41, 5.74) is -0.474. The molecular weight excluding hydrogens is 471 g/mol. The first-order chi connectivity index (χ1) is 12.7. The number of likely N-dealkylation sites (N-methyl/N-ethyl adjacent to an activating group) is 2. The van der Waals surface area contributed by atoms with E-state index in [4.69, 9.17) is 9.73 Å². The van der Waals surface area contributed by atoms with Crippen molar-refractivity contribution in [3.8, 4) is 0 Å². The number of rotatable bonds is 4. The van der Waals surface area contributed by atoms with Crippen LogP contribution in [-0.2, 0) is 4.74 Å². The number of carbonyl (C=O) groups is 1. The normalized spacial score (nSPS) is 24.6. The maximum Gasteiger partial charge on any atom is 0.407 e. The Morgan fingerprint density at radius 3 is 2.54 bits per heavy atom. The van der Waals surface area contributed by atoms with Crippen LogP contribution in [0.3, 0.4) is 0 Å². The summed E-state index contributed by atoms with van der Waals surface area (Å²) in [6.07, 6.45) is 0.554. The number of hydrogen-bond donors (Lipinski definition) is 2. The van der Waals surface area contributed by atoms with Gasteiger partial charge in [0.1, 0.15) is 5.60 Å². The van der Waals surface area contributed by atoms with E-state index in [9.17, 15) is 4.79 Å². The van der Waals surface area contributed by atoms with Gasteiger partial charge in [-0.25, -0.2) is 4.79 Å². The van der Waals surface area contributed by atoms with Crippen LogP contribution in [0, 0.1) is 0 Å². The Kier molecular flexibility index (Phi) is 10.3. The molecule has 2 rings (SSSR count). The smallest absolute Gasteiger partial charge is 0.407 e. The van der Waals surface area contributed by atoms with Gasteiger partial charge in [0, 0.05) is 45.3 Å². The summed E-state index contributed by atoms with van der Waals surface area (Å²) in [5.74, 6) is 0.938. The summed E-state index contributed by atoms with van der Waals surface area (Å²) in [6, 6.07) is 0.530. The van der Waals surface area contributed by atoms with Crippen molar-refractivity contribution in [3.05, 3.63) is 0 Å². The van der Waals surface area contributed by atoms with E-state index in [0.717, 1.165) is 58.2 Å². The van der Waals surface area contributed by atoms with Crippen LogP contribution in [0.15, 0.2) is 4.99 Å². The van der Waals surface area contributed by atoms with Crippen LogP contribution in [0.25, 0.3) is 0 Å². The molecule has 2 fully saturated rings. The van der Waals surface area contributed by atoms with Gasteiger partial charge in [-0.3, -0.25) is 9.89 Å². The van der Waals surface area contributed by atoms with Crippen molar-refractivity contribution in [3.63, 3.8) is 0 Å². The molecule has 2 aliphatic rings. The number of halogens is 1. The molecule has 0 aromatic rings. The van der Waals surface area contributed by atoms with E-state index in [1.807, 2.05) is 20.8 Å². The summed E-state index contributed by atoms with van der Waals surface area (Å²) in [5, 5.41) is 6.38. The largest absolute Gasteiger partial charge is 0.444 e. The lowest BCUT2D eigenvalue weighted by Crippen LogP contribution is -2.52. The van der Waals surface area contributed by atoms with E-state index in [-0.39, 0.29) is 36.1 Å². The number of nitrogens with one attached hydrogen (secondary N) is 2. The van der Waals surface area contributed by atoms with Crippen molar-refractivity contribution in [2.24, 2.45) is 4.99 Å². The predicted octanol–water partition coefficient (Wildman–Crippen LogP) is 1.41. The van der Waals surface area contributed by atoms with E-state index in [2.05, 4.69) is 46.4 Å². The average molecular weight is 510 g/mol. The topological polar surface area (TPSA) is 72.4 Å². The minimum absolute atomic E-state index is 0. The highest BCUT2D eigenvalue weighted by Crippen LogP contribution is 2.13. The van der Waals surface area contributed by atoms with Gasteiger partial charge in [-0.2, -0.15) is 0 Å². The third kappa shape index (κ3) is 8.28. The predicted molar refractivity (Wildman–Crippen MR) is 125 cm³/mol. The van der Waals surface area contributed by atoms with Crippen molar-refractivity contribution >= 4 is 36.0 Å². The van der Waals surface area contributed by atoms with Gasteiger partial charge in [0.05, 0.1) is 12.6 Å². The Bertz CT molecular complexity index is 525. The zero-order chi connectivity index (χ0) is 20.0. The molecule has 0 aromatic heterocycles. The molecule has 0 saturated carbocycles. The average Bonchev–Trinajstić information content (AvgIpc) is 3.00. The van der Waals surface area contributed by atoms with Crippen LogP contribution in [0.2, 0.25) is 0 Å². The molecule has 2 atom stereocenters. The standard InChI is InChI=1S/C19H38N6O2.HI/c1-7-20-17(21-12-16-14-23(5)10-11-24(16)6)25-9-8-15(13-25)22-18(26)27-19(2,3)4;/h15-16H,7-14H2,1-6H3,(H,20,21)(H,22,26);1H. The highest BCUT2D eigenvalue weighted by atomic mass is 127. The molecule has 2 saturated heterocycles. The maximum absolute atomic E-state index is 12.0. The van der Waals surface area contributed by atoms with Crippen LogP contribution in [0.1, 0.15) is 34.1 Å². The molecule has 1 amide bonds. The lowest BCUT2D eigenvalue weighted by Gasteiger charge is -2.37. The fourth-order valence-corrected chi connectivity index (χ4v) is 3.46. The number of likely N-dealkylation sites (tertiary alicyclic amines) is 1. The second-order valence-electron chi connectivity index (χ2n) is 8.67. The molecule has 2 aliphatic heterocycles. The van der Waals surface area contributed by atoms with Crippen molar-refractivity contribution < 1.29 is 9.53 Å². The van der Waals surface area contributed by atoms with Gasteiger partial charge in [0.2, 0.25) is 0 Å². The minimum Gasteiger partial charge on any atom is -0.444 e. The zero-order valence-electron chi connectivity index (χ0n) is 18.3. The number of alkyl carbamates (subject to hydrolysis) is 1. The Morgan fingerprint density at radius 1 is 1.18 bits per heavy atom. The molecule has 0 aromatic carbocycles. The molecule has 2 unspecified atom stereocenters. The molecule has 164 valence electrons. The van der Waals surface area contributed by atoms with Crippen LogP contribution in [-0.4, -0.2) is 104 Å². The van der Waals surface area contributed by atoms with Gasteiger partial charge in [-0.1, -0.05) is 0 Å². The highest BCUT2D eigenvalue weighted by Gasteiger charge is 2.28. The Morgan fingerprint density at radius 2 is 1.89 bits per heavy atom. The molecule has 8 nitrogen and oxygen atoms in total. The summed E-state index contributed by atoms with van der Waals surface area (Å²) >= 11 is 0. The quantitative estimate of drug-likeness (QED) is 0.339. The summed E-state index contributed by atoms with van der Waals surface area (Å²) in [6.45, 7) is 14.2. The van der Waals surface area contributed by atoms with E-state index in [0.29, 0.717) is 6.04 Å². The fourth-order valence-electron chi connectivity index (χ4n) is 3.46. The minimum atomic E-state index is -0.474. The first-order valence-electron chi connectivity index (χ1n) is 10.1. The van der Waals surface area contributed by atoms with Crippen molar-refractivity contribution in [2.45, 2.75) is 51.8 Å². The maximum atomic E-state index is 12.0. The second kappa shape index (κ2) is 11.4. The van der Waals surface area contributed by atoms with E-state index >= 15 is 0 Å². The number of amides is 1. The second-order valence-corrected chi connectivity index (χ2v) is 8.67. The number of carbonyl (C=O) groups excluding carboxylic acids is 1. The first kappa shape index (κ1) is 25.2. The molecule has 9 heteroatoms. The molecule has 0 aliphatic carbocycles. The Hall–Kier alpha value is -0.810. The number of aliphatic imine (C=N–C) groups is 1. The molecule has 2 N–H and O–H groups in total. The third-order valence-corrected chi connectivity index (χ3v) is 4.98. The Balaban J connectivity index is 0.00000392. The number of piperazine rings is 1. The van der Waals surface area contributed by atoms with E-state index < -0.39 is 5.60 Å². The Labute approximate surface area is 187 Å². The van der Waals surface area contributed by atoms with Gasteiger partial charge in [0.25, 0.3) is 0 Å². The van der Waals surface area contributed by atoms with Crippen molar-refractivity contribution in [1.29, 1.82) is 0 Å². The van der Waals surface area contributed by atoms with E-state index in [1.54, 1.807) is 0 Å². The lowest BCUT2D eigenvalue weighted by atomic mass is 10.2. The number of guanidine groups is 1. The highest BCUT2D eigenvalue weighted by molar-refractivity contribution is 14.0. The van der Waals surface area contributed by atoms with Crippen LogP contribution < -0.4 is 10.6 Å². The number of ether oxygens (including phenoxy) is 1. The first-order valence-corrected chi connectivity index (χ1v) is 10.1. The van der Waals surface area contributed by atoms with Gasteiger partial charge in [-0.15, -0.1) is 24.0 Å². The summed E-state index contributed by atoms with van der Waals surface area (Å²) < 4.78 is 5.37. The molecular formula is C19H39IN6O2. The summed E-state index contributed by atoms with van der Waals surface area (Å²) in [4.78, 5) is 23.9. The molecule has 0 bridgehead atoms. The van der Waals surface area contributed by atoms with Crippen LogP contribution >= 0.6 is 24.0 Å². The van der Waals surface area contributed by atoms with Crippen molar-refractivity contribution in [2.75, 3.05) is 59.9 Å². The zero-order valence-corrected chi connectivity index (χ0v) is 20.7. The third-order valence-electron chi connectivity index (χ3n) is 4.98. The van der Waals surface area contributed by atoms with Crippen LogP contribution in [0.4, 0.5) is 4.79 Å². The van der Waals surface area contributed by atoms with Gasteiger partial charge < -0.3 is 25.2 Å². The molecule has 0 spiro atoms. The number of nitrogens with zero attached hydrogens (tertiary/aromatic N) is 4.